The third kappa shape index (κ3) is 41.6. The summed E-state index contributed by atoms with van der Waals surface area (Å²) in [7, 11) is -4.28. The van der Waals surface area contributed by atoms with Crippen LogP contribution in [0.25, 0.3) is 0 Å². The lowest BCUT2D eigenvalue weighted by atomic mass is 10.1. The van der Waals surface area contributed by atoms with Crippen LogP contribution >= 0.6 is 7.82 Å². The molecule has 0 radical (unpaired) electrons. The van der Waals surface area contributed by atoms with Gasteiger partial charge in [-0.05, 0) is 70.6 Å². The maximum absolute atomic E-state index is 12.6. The van der Waals surface area contributed by atoms with E-state index in [9.17, 15) is 14.3 Å². The summed E-state index contributed by atoms with van der Waals surface area (Å²) in [4.78, 5) is 22.5. The van der Waals surface area contributed by atoms with E-state index < -0.39 is 13.9 Å². The molecular weight excluding hydrogens is 697 g/mol. The van der Waals surface area contributed by atoms with E-state index in [1.165, 1.54) is 122 Å². The van der Waals surface area contributed by atoms with Crippen molar-refractivity contribution in [3.63, 3.8) is 0 Å². The molecule has 0 aromatic heterocycles. The lowest BCUT2D eigenvalue weighted by Crippen LogP contribution is -2.28. The van der Waals surface area contributed by atoms with Crippen LogP contribution in [0.15, 0.2) is 48.6 Å². The van der Waals surface area contributed by atoms with E-state index in [0.29, 0.717) is 13.0 Å². The average Bonchev–Trinajstić information content (AvgIpc) is 3.16. The molecule has 54 heavy (non-hydrogen) atoms. The number of carbonyl (C=O) groups excluding carboxylic acids is 1. The second-order valence-corrected chi connectivity index (χ2v) is 16.0. The highest BCUT2D eigenvalue weighted by molar-refractivity contribution is 7.47. The fourth-order valence-electron chi connectivity index (χ4n) is 5.93. The molecule has 0 aliphatic heterocycles. The first-order chi connectivity index (χ1) is 26.4. The van der Waals surface area contributed by atoms with E-state index in [4.69, 9.17) is 24.3 Å². The summed E-state index contributed by atoms with van der Waals surface area (Å²) in [6.45, 7) is 4.85. The van der Waals surface area contributed by atoms with Crippen molar-refractivity contribution >= 4 is 13.8 Å². The summed E-state index contributed by atoms with van der Waals surface area (Å²) < 4.78 is 33.4. The molecule has 8 nitrogen and oxygen atoms in total. The molecule has 3 N–H and O–H groups in total. The molecule has 2 atom stereocenters. The third-order valence-corrected chi connectivity index (χ3v) is 10.2. The van der Waals surface area contributed by atoms with Gasteiger partial charge in [-0.15, -0.1) is 0 Å². The van der Waals surface area contributed by atoms with Crippen LogP contribution in [0.1, 0.15) is 194 Å². The number of phosphoric ester groups is 1. The molecule has 0 heterocycles. The Kier molecular flexibility index (Phi) is 41.4. The minimum Gasteiger partial charge on any atom is -0.457 e. The first-order valence-electron chi connectivity index (χ1n) is 22.1. The molecule has 9 heteroatoms. The zero-order chi connectivity index (χ0) is 39.5. The lowest BCUT2D eigenvalue weighted by Gasteiger charge is -2.20. The van der Waals surface area contributed by atoms with Crippen LogP contribution in [0.5, 0.6) is 0 Å². The Morgan fingerprint density at radius 1 is 0.556 bits per heavy atom. The molecular formula is C45H84NO7P. The number of allylic oxidation sites excluding steroid dienone is 8. The molecule has 0 aromatic rings. The van der Waals surface area contributed by atoms with Crippen molar-refractivity contribution in [1.29, 1.82) is 0 Å². The highest BCUT2D eigenvalue weighted by atomic mass is 31.2. The van der Waals surface area contributed by atoms with Gasteiger partial charge in [-0.3, -0.25) is 13.8 Å². The van der Waals surface area contributed by atoms with Gasteiger partial charge in [0, 0.05) is 19.6 Å². The van der Waals surface area contributed by atoms with Gasteiger partial charge < -0.3 is 20.1 Å². The Balaban J connectivity index is 4.00. The first-order valence-corrected chi connectivity index (χ1v) is 23.6. The summed E-state index contributed by atoms with van der Waals surface area (Å²) in [5.41, 5.74) is 5.36. The third-order valence-electron chi connectivity index (χ3n) is 9.22. The number of nitrogens with two attached hydrogens (primary N) is 1. The second kappa shape index (κ2) is 42.6. The lowest BCUT2D eigenvalue weighted by molar-refractivity contribution is -0.154. The zero-order valence-corrected chi connectivity index (χ0v) is 35.8. The van der Waals surface area contributed by atoms with Crippen LogP contribution in [-0.2, 0) is 27.9 Å². The fourth-order valence-corrected chi connectivity index (χ4v) is 6.69. The highest BCUT2D eigenvalue weighted by Gasteiger charge is 2.25. The molecule has 0 rings (SSSR count). The van der Waals surface area contributed by atoms with Gasteiger partial charge in [-0.1, -0.05) is 165 Å². The Bertz CT molecular complexity index is 968. The standard InChI is InChI=1S/C45H84NO7P/c1-3-5-7-9-11-13-15-17-18-19-20-21-22-23-24-25-26-27-28-30-32-34-36-38-45(47)53-44(43-52-54(48,49)51-41-39-46)42-50-40-37-35-33-31-29-16-14-12-10-8-6-4-2/h10,12,15,17,19-20,22-23,44H,3-9,11,13-14,16,18,21,24-43,46H2,1-2H3,(H,48,49)/b12-10-,17-15-,20-19-,23-22-. The van der Waals surface area contributed by atoms with Crippen LogP contribution in [0.3, 0.4) is 0 Å². The molecule has 316 valence electrons. The summed E-state index contributed by atoms with van der Waals surface area (Å²) in [6, 6.07) is 0. The van der Waals surface area contributed by atoms with Gasteiger partial charge in [0.25, 0.3) is 0 Å². The molecule has 0 saturated carbocycles. The van der Waals surface area contributed by atoms with Gasteiger partial charge in [0.05, 0.1) is 19.8 Å². The van der Waals surface area contributed by atoms with Crippen LogP contribution in [0, 0.1) is 0 Å². The summed E-state index contributed by atoms with van der Waals surface area (Å²) in [6.07, 6.45) is 49.9. The Labute approximate surface area is 332 Å². The van der Waals surface area contributed by atoms with E-state index in [0.717, 1.165) is 51.4 Å². The van der Waals surface area contributed by atoms with E-state index in [1.807, 2.05) is 0 Å². The van der Waals surface area contributed by atoms with E-state index in [-0.39, 0.29) is 32.3 Å². The largest absolute Gasteiger partial charge is 0.472 e. The maximum atomic E-state index is 12.6. The topological polar surface area (TPSA) is 117 Å². The van der Waals surface area contributed by atoms with Crippen molar-refractivity contribution in [1.82, 2.24) is 0 Å². The first kappa shape index (κ1) is 52.5. The van der Waals surface area contributed by atoms with Gasteiger partial charge in [-0.2, -0.15) is 0 Å². The number of esters is 1. The summed E-state index contributed by atoms with van der Waals surface area (Å²) in [5, 5.41) is 0. The van der Waals surface area contributed by atoms with Crippen molar-refractivity contribution in [2.45, 2.75) is 200 Å². The van der Waals surface area contributed by atoms with Gasteiger partial charge in [0.2, 0.25) is 0 Å². The Morgan fingerprint density at radius 2 is 1.00 bits per heavy atom. The number of carbonyl (C=O) groups is 1. The van der Waals surface area contributed by atoms with Gasteiger partial charge in [-0.25, -0.2) is 4.57 Å². The number of hydrogen-bond donors (Lipinski definition) is 2. The summed E-state index contributed by atoms with van der Waals surface area (Å²) in [5.74, 6) is -0.341. The van der Waals surface area contributed by atoms with Crippen molar-refractivity contribution in [2.75, 3.05) is 33.0 Å². The van der Waals surface area contributed by atoms with Crippen LogP contribution in [0.2, 0.25) is 0 Å². The van der Waals surface area contributed by atoms with Crippen LogP contribution in [0.4, 0.5) is 0 Å². The minimum atomic E-state index is -4.28. The number of hydrogen-bond acceptors (Lipinski definition) is 7. The smallest absolute Gasteiger partial charge is 0.457 e. The van der Waals surface area contributed by atoms with E-state index in [2.05, 4.69) is 62.5 Å². The fraction of sp³-hybridized carbons (Fsp3) is 0.800. The molecule has 0 amide bonds. The Hall–Kier alpha value is -1.54. The summed E-state index contributed by atoms with van der Waals surface area (Å²) >= 11 is 0. The van der Waals surface area contributed by atoms with Crippen LogP contribution < -0.4 is 5.73 Å². The van der Waals surface area contributed by atoms with Crippen molar-refractivity contribution in [2.24, 2.45) is 5.73 Å². The van der Waals surface area contributed by atoms with Gasteiger partial charge >= 0.3 is 13.8 Å². The second-order valence-electron chi connectivity index (χ2n) is 14.6. The maximum Gasteiger partial charge on any atom is 0.472 e. The van der Waals surface area contributed by atoms with Gasteiger partial charge in [0.1, 0.15) is 6.10 Å². The predicted molar refractivity (Wildman–Crippen MR) is 229 cm³/mol. The zero-order valence-electron chi connectivity index (χ0n) is 35.0. The van der Waals surface area contributed by atoms with Gasteiger partial charge in [0.15, 0.2) is 0 Å². The van der Waals surface area contributed by atoms with Crippen molar-refractivity contribution in [3.05, 3.63) is 48.6 Å². The monoisotopic (exact) mass is 782 g/mol. The van der Waals surface area contributed by atoms with E-state index >= 15 is 0 Å². The minimum absolute atomic E-state index is 0.0967. The number of unbranched alkanes of at least 4 members (excludes halogenated alkanes) is 21. The molecule has 0 fully saturated rings. The predicted octanol–water partition coefficient (Wildman–Crippen LogP) is 13.2. The van der Waals surface area contributed by atoms with Crippen LogP contribution in [-0.4, -0.2) is 49.9 Å². The Morgan fingerprint density at radius 3 is 1.54 bits per heavy atom. The normalized spacial score (nSPS) is 13.9. The molecule has 0 spiro atoms. The molecule has 0 saturated heterocycles. The quantitative estimate of drug-likeness (QED) is 0.0272. The number of rotatable bonds is 42. The van der Waals surface area contributed by atoms with Crippen molar-refractivity contribution < 1.29 is 32.8 Å². The average molecular weight is 782 g/mol. The van der Waals surface area contributed by atoms with Crippen molar-refractivity contribution in [3.8, 4) is 0 Å². The SMILES string of the molecule is CCCC/C=C\CCCCCCCCOCC(COP(=O)(O)OCCN)OC(=O)CCCCCCCCCC/C=C\C/C=C\C/C=C\CCCCCCC. The molecule has 0 bridgehead atoms. The number of ether oxygens (including phenoxy) is 2. The molecule has 0 aliphatic carbocycles. The number of phosphoric acid groups is 1. The molecule has 0 aliphatic rings. The highest BCUT2D eigenvalue weighted by Crippen LogP contribution is 2.43. The molecule has 2 unspecified atom stereocenters. The molecule has 0 aromatic carbocycles. The van der Waals surface area contributed by atoms with E-state index in [1.54, 1.807) is 0 Å².